The fourth-order valence-electron chi connectivity index (χ4n) is 7.41. The average molecular weight is 526 g/mol. The van der Waals surface area contributed by atoms with Gasteiger partial charge in [-0.1, -0.05) is 36.4 Å². The van der Waals surface area contributed by atoms with Gasteiger partial charge in [-0.2, -0.15) is 0 Å². The van der Waals surface area contributed by atoms with Crippen molar-refractivity contribution in [3.8, 4) is 23.0 Å². The van der Waals surface area contributed by atoms with Crippen LogP contribution in [0.2, 0.25) is 0 Å². The number of Topliss-reactive ketones (excluding diaryl/α,β-unsaturated/α-hetero) is 1. The molecule has 0 radical (unpaired) electrons. The topological polar surface area (TPSA) is 85.3 Å². The van der Waals surface area contributed by atoms with Crippen LogP contribution in [-0.2, 0) is 21.4 Å². The van der Waals surface area contributed by atoms with E-state index >= 15 is 0 Å². The Morgan fingerprint density at radius 1 is 1.08 bits per heavy atom. The molecule has 2 fully saturated rings. The van der Waals surface area contributed by atoms with Gasteiger partial charge < -0.3 is 24.2 Å². The van der Waals surface area contributed by atoms with Gasteiger partial charge in [0.25, 0.3) is 0 Å². The Labute approximate surface area is 227 Å². The van der Waals surface area contributed by atoms with E-state index in [4.69, 9.17) is 14.2 Å². The second-order valence-corrected chi connectivity index (χ2v) is 11.4. The summed E-state index contributed by atoms with van der Waals surface area (Å²) >= 11 is 0. The molecule has 7 heteroatoms. The van der Waals surface area contributed by atoms with Gasteiger partial charge in [0.15, 0.2) is 23.4 Å². The molecule has 2 aliphatic heterocycles. The summed E-state index contributed by atoms with van der Waals surface area (Å²) < 4.78 is 18.3. The normalized spacial score (nSPS) is 29.3. The zero-order valence-electron chi connectivity index (χ0n) is 22.1. The molecular weight excluding hydrogens is 494 g/mol. The number of rotatable bonds is 5. The lowest BCUT2D eigenvalue weighted by molar-refractivity contribution is -0.185. The Bertz CT molecular complexity index is 1490. The SMILES string of the molecule is CC(C(=O)Oc1ccc2c3c1OC1C(=O)CC[C@@]4(O)C(C2)N(C)CCC314)c1cccc(Oc2ccccc2)c1. The van der Waals surface area contributed by atoms with Crippen LogP contribution in [0.25, 0.3) is 0 Å². The molecule has 1 N–H and O–H groups in total. The number of ether oxygens (including phenoxy) is 3. The molecule has 4 unspecified atom stereocenters. The fourth-order valence-corrected chi connectivity index (χ4v) is 7.41. The van der Waals surface area contributed by atoms with Gasteiger partial charge in [0.1, 0.15) is 11.5 Å². The third-order valence-corrected chi connectivity index (χ3v) is 9.41. The van der Waals surface area contributed by atoms with Gasteiger partial charge >= 0.3 is 5.97 Å². The zero-order valence-corrected chi connectivity index (χ0v) is 22.1. The lowest BCUT2D eigenvalue weighted by Gasteiger charge is -2.62. The lowest BCUT2D eigenvalue weighted by Crippen LogP contribution is -2.76. The van der Waals surface area contributed by atoms with E-state index in [0.717, 1.165) is 23.2 Å². The molecule has 2 aliphatic carbocycles. The van der Waals surface area contributed by atoms with Gasteiger partial charge in [-0.25, -0.2) is 0 Å². The maximum atomic E-state index is 13.4. The first-order valence-electron chi connectivity index (χ1n) is 13.6. The second kappa shape index (κ2) is 8.66. The van der Waals surface area contributed by atoms with Crippen LogP contribution in [0.5, 0.6) is 23.0 Å². The van der Waals surface area contributed by atoms with Crippen molar-refractivity contribution in [3.63, 3.8) is 0 Å². The number of benzene rings is 3. The highest BCUT2D eigenvalue weighted by Gasteiger charge is 2.72. The molecule has 39 heavy (non-hydrogen) atoms. The summed E-state index contributed by atoms with van der Waals surface area (Å²) in [5.41, 5.74) is 0.815. The van der Waals surface area contributed by atoms with E-state index < -0.39 is 29.0 Å². The standard InChI is InChI=1S/C32H31NO6/c1-19(20-7-6-10-23(17-20)37-22-8-4-3-5-9-22)30(35)38-25-12-11-21-18-26-32(36)14-13-24(34)29-31(32,15-16-33(26)2)27(21)28(25)39-29/h3-12,17,19,26,29,36H,13-16,18H2,1-2H3/t19?,26?,29?,31?,32-/m1/s1. The molecule has 3 aromatic carbocycles. The van der Waals surface area contributed by atoms with E-state index in [9.17, 15) is 14.7 Å². The minimum atomic E-state index is -1.06. The summed E-state index contributed by atoms with van der Waals surface area (Å²) in [6.07, 6.45) is 1.23. The number of ketones is 1. The number of aliphatic hydroxyl groups is 1. The Hall–Kier alpha value is -3.68. The van der Waals surface area contributed by atoms with Gasteiger partial charge in [0.05, 0.1) is 16.9 Å². The van der Waals surface area contributed by atoms with Crippen molar-refractivity contribution < 1.29 is 28.9 Å². The summed E-state index contributed by atoms with van der Waals surface area (Å²) in [5.74, 6) is 1.10. The lowest BCUT2D eigenvalue weighted by atomic mass is 9.49. The molecule has 0 aromatic heterocycles. The number of likely N-dealkylation sites (N-methyl/N-ethyl adjacent to an activating group) is 1. The first-order chi connectivity index (χ1) is 18.8. The van der Waals surface area contributed by atoms with E-state index in [1.54, 1.807) is 13.0 Å². The minimum Gasteiger partial charge on any atom is -0.477 e. The molecule has 1 saturated carbocycles. The number of nitrogens with zero attached hydrogens (tertiary/aromatic N) is 1. The van der Waals surface area contributed by atoms with E-state index in [2.05, 4.69) is 4.90 Å². The molecule has 0 amide bonds. The first kappa shape index (κ1) is 24.4. The number of likely N-dealkylation sites (tertiary alicyclic amines) is 1. The molecule has 5 atom stereocenters. The Balaban J connectivity index is 1.20. The van der Waals surface area contributed by atoms with Crippen LogP contribution in [-0.4, -0.2) is 53.1 Å². The number of carbonyl (C=O) groups is 2. The number of piperidine rings is 1. The van der Waals surface area contributed by atoms with Crippen molar-refractivity contribution in [3.05, 3.63) is 83.4 Å². The number of para-hydroxylation sites is 1. The van der Waals surface area contributed by atoms with Crippen molar-refractivity contribution in [2.75, 3.05) is 13.6 Å². The third-order valence-electron chi connectivity index (χ3n) is 9.41. The molecule has 7 nitrogen and oxygen atoms in total. The quantitative estimate of drug-likeness (QED) is 0.387. The number of hydrogen-bond donors (Lipinski definition) is 1. The molecule has 1 saturated heterocycles. The van der Waals surface area contributed by atoms with Crippen LogP contribution in [0.15, 0.2) is 66.7 Å². The minimum absolute atomic E-state index is 0.00732. The average Bonchev–Trinajstić information content (AvgIpc) is 3.30. The van der Waals surface area contributed by atoms with Crippen LogP contribution in [0.4, 0.5) is 0 Å². The molecule has 1 spiro atoms. The Morgan fingerprint density at radius 2 is 1.87 bits per heavy atom. The van der Waals surface area contributed by atoms with Gasteiger partial charge in [-0.05, 0) is 81.2 Å². The van der Waals surface area contributed by atoms with Crippen molar-refractivity contribution in [2.45, 2.75) is 61.7 Å². The maximum Gasteiger partial charge on any atom is 0.318 e. The second-order valence-electron chi connectivity index (χ2n) is 11.4. The van der Waals surface area contributed by atoms with Crippen LogP contribution in [0.1, 0.15) is 48.8 Å². The first-order valence-corrected chi connectivity index (χ1v) is 13.6. The van der Waals surface area contributed by atoms with Crippen molar-refractivity contribution in [1.29, 1.82) is 0 Å². The fraction of sp³-hybridized carbons (Fsp3) is 0.375. The maximum absolute atomic E-state index is 13.4. The summed E-state index contributed by atoms with van der Waals surface area (Å²) in [4.78, 5) is 28.8. The summed E-state index contributed by atoms with van der Waals surface area (Å²) in [5, 5.41) is 12.1. The van der Waals surface area contributed by atoms with Crippen LogP contribution in [0.3, 0.4) is 0 Å². The van der Waals surface area contributed by atoms with Crippen LogP contribution in [0, 0.1) is 0 Å². The molecule has 2 heterocycles. The highest BCUT2D eigenvalue weighted by atomic mass is 16.6. The molecule has 200 valence electrons. The van der Waals surface area contributed by atoms with E-state index in [1.807, 2.05) is 67.7 Å². The predicted octanol–water partition coefficient (Wildman–Crippen LogP) is 4.54. The van der Waals surface area contributed by atoms with Crippen LogP contribution < -0.4 is 14.2 Å². The van der Waals surface area contributed by atoms with Crippen molar-refractivity contribution in [2.24, 2.45) is 0 Å². The Morgan fingerprint density at radius 3 is 2.69 bits per heavy atom. The summed E-state index contributed by atoms with van der Waals surface area (Å²) in [6.45, 7) is 2.56. The molecule has 3 aromatic rings. The summed E-state index contributed by atoms with van der Waals surface area (Å²) in [6, 6.07) is 20.5. The highest BCUT2D eigenvalue weighted by Crippen LogP contribution is 2.64. The third kappa shape index (κ3) is 3.42. The van der Waals surface area contributed by atoms with E-state index in [0.29, 0.717) is 42.3 Å². The van der Waals surface area contributed by atoms with Gasteiger partial charge in [-0.15, -0.1) is 0 Å². The van der Waals surface area contributed by atoms with Crippen molar-refractivity contribution >= 4 is 11.8 Å². The molecule has 7 rings (SSSR count). The monoisotopic (exact) mass is 525 g/mol. The van der Waals surface area contributed by atoms with Gasteiger partial charge in [0.2, 0.25) is 0 Å². The summed E-state index contributed by atoms with van der Waals surface area (Å²) in [7, 11) is 2.04. The number of hydrogen-bond acceptors (Lipinski definition) is 7. The van der Waals surface area contributed by atoms with Gasteiger partial charge in [-0.3, -0.25) is 9.59 Å². The van der Waals surface area contributed by atoms with Gasteiger partial charge in [0, 0.05) is 18.0 Å². The zero-order chi connectivity index (χ0) is 26.9. The number of esters is 1. The van der Waals surface area contributed by atoms with Crippen LogP contribution >= 0.6 is 0 Å². The highest BCUT2D eigenvalue weighted by molar-refractivity contribution is 5.90. The largest absolute Gasteiger partial charge is 0.477 e. The predicted molar refractivity (Wildman–Crippen MR) is 143 cm³/mol. The molecular formula is C32H31NO6. The smallest absolute Gasteiger partial charge is 0.318 e. The van der Waals surface area contributed by atoms with E-state index in [-0.39, 0.29) is 18.2 Å². The number of carbonyl (C=O) groups excluding carboxylic acids is 2. The Kier molecular flexibility index (Phi) is 5.41. The molecule has 2 bridgehead atoms. The van der Waals surface area contributed by atoms with Crippen molar-refractivity contribution in [1.82, 2.24) is 4.90 Å². The molecule has 4 aliphatic rings. The van der Waals surface area contributed by atoms with E-state index in [1.165, 1.54) is 0 Å².